The molecule has 0 N–H and O–H groups in total. The van der Waals surface area contributed by atoms with Gasteiger partial charge in [-0.05, 0) is 12.5 Å². The molecule has 19 heavy (non-hydrogen) atoms. The van der Waals surface area contributed by atoms with E-state index in [0.717, 1.165) is 6.20 Å². The average molecular weight is 283 g/mol. The second-order valence-electron chi connectivity index (χ2n) is 3.54. The molecule has 1 heterocycles. The molecule has 8 heteroatoms. The molecule has 0 aromatic carbocycles. The van der Waals surface area contributed by atoms with Crippen molar-refractivity contribution in [2.75, 3.05) is 6.61 Å². The van der Waals surface area contributed by atoms with E-state index in [1.165, 1.54) is 6.92 Å². The quantitative estimate of drug-likeness (QED) is 0.629. The number of aromatic nitrogens is 1. The van der Waals surface area contributed by atoms with Crippen molar-refractivity contribution in [3.63, 3.8) is 0 Å². The van der Waals surface area contributed by atoms with E-state index in [1.807, 2.05) is 0 Å². The van der Waals surface area contributed by atoms with Crippen LogP contribution in [0.15, 0.2) is 12.4 Å². The van der Waals surface area contributed by atoms with Gasteiger partial charge in [-0.3, -0.25) is 9.78 Å². The molecule has 1 aromatic heterocycles. The van der Waals surface area contributed by atoms with Crippen LogP contribution in [0, 0.1) is 0 Å². The second-order valence-corrected chi connectivity index (χ2v) is 3.54. The first kappa shape index (κ1) is 15.3. The van der Waals surface area contributed by atoms with E-state index in [0.29, 0.717) is 6.20 Å². The van der Waals surface area contributed by atoms with Gasteiger partial charge in [-0.15, -0.1) is 0 Å². The molecule has 0 saturated heterocycles. The van der Waals surface area contributed by atoms with Gasteiger partial charge in [-0.2, -0.15) is 13.2 Å². The number of rotatable bonds is 4. The highest BCUT2D eigenvalue weighted by atomic mass is 19.4. The molecule has 0 fully saturated rings. The lowest BCUT2D eigenvalue weighted by molar-refractivity contribution is -0.143. The molecular formula is C11H10F5NO2. The number of ether oxygens (including phenoxy) is 1. The summed E-state index contributed by atoms with van der Waals surface area (Å²) < 4.78 is 67.8. The summed E-state index contributed by atoms with van der Waals surface area (Å²) in [6, 6.07) is 0. The molecule has 106 valence electrons. The Hall–Kier alpha value is -1.73. The summed E-state index contributed by atoms with van der Waals surface area (Å²) in [7, 11) is 0. The average Bonchev–Trinajstić information content (AvgIpc) is 2.27. The van der Waals surface area contributed by atoms with Crippen molar-refractivity contribution in [2.45, 2.75) is 25.9 Å². The third-order valence-corrected chi connectivity index (χ3v) is 2.23. The number of pyridine rings is 1. The zero-order valence-electron chi connectivity index (χ0n) is 9.80. The first-order valence-electron chi connectivity index (χ1n) is 5.25. The topological polar surface area (TPSA) is 39.2 Å². The van der Waals surface area contributed by atoms with Gasteiger partial charge >= 0.3 is 12.1 Å². The van der Waals surface area contributed by atoms with Gasteiger partial charge in [0.15, 0.2) is 0 Å². The maximum atomic E-state index is 12.8. The van der Waals surface area contributed by atoms with Crippen molar-refractivity contribution in [3.05, 3.63) is 29.1 Å². The molecule has 0 aliphatic heterocycles. The largest absolute Gasteiger partial charge is 0.466 e. The zero-order chi connectivity index (χ0) is 14.6. The Kier molecular flexibility index (Phi) is 4.79. The summed E-state index contributed by atoms with van der Waals surface area (Å²) in [5, 5.41) is 0. The van der Waals surface area contributed by atoms with Gasteiger partial charge in [0.25, 0.3) is 6.43 Å². The van der Waals surface area contributed by atoms with E-state index in [2.05, 4.69) is 9.72 Å². The zero-order valence-corrected chi connectivity index (χ0v) is 9.80. The summed E-state index contributed by atoms with van der Waals surface area (Å²) in [4.78, 5) is 14.4. The number of esters is 1. The van der Waals surface area contributed by atoms with E-state index in [-0.39, 0.29) is 6.61 Å². The Morgan fingerprint density at radius 1 is 1.37 bits per heavy atom. The number of carbonyl (C=O) groups is 1. The molecule has 0 bridgehead atoms. The summed E-state index contributed by atoms with van der Waals surface area (Å²) in [6.45, 7) is 1.51. The van der Waals surface area contributed by atoms with Crippen molar-refractivity contribution < 1.29 is 31.5 Å². The summed E-state index contributed by atoms with van der Waals surface area (Å²) in [5.41, 5.74) is -3.25. The van der Waals surface area contributed by atoms with E-state index in [1.54, 1.807) is 0 Å². The van der Waals surface area contributed by atoms with E-state index in [4.69, 9.17) is 0 Å². The van der Waals surface area contributed by atoms with Gasteiger partial charge in [-0.25, -0.2) is 8.78 Å². The predicted octanol–water partition coefficient (Wildman–Crippen LogP) is 3.14. The Labute approximate surface area is 105 Å². The Morgan fingerprint density at radius 3 is 2.47 bits per heavy atom. The SMILES string of the molecule is CCOC(=O)Cc1cncc(C(F)(F)F)c1C(F)F. The first-order valence-corrected chi connectivity index (χ1v) is 5.25. The summed E-state index contributed by atoms with van der Waals surface area (Å²) in [6.07, 6.45) is -7.86. The standard InChI is InChI=1S/C11H10F5NO2/c1-2-19-8(18)3-6-4-17-5-7(11(14,15)16)9(6)10(12)13/h4-5,10H,2-3H2,1H3. The minimum absolute atomic E-state index is 0.00916. The van der Waals surface area contributed by atoms with Crippen LogP contribution in [0.5, 0.6) is 0 Å². The minimum atomic E-state index is -4.95. The van der Waals surface area contributed by atoms with Gasteiger partial charge in [0.05, 0.1) is 18.6 Å². The number of halogens is 5. The smallest absolute Gasteiger partial charge is 0.418 e. The highest BCUT2D eigenvalue weighted by molar-refractivity contribution is 5.73. The van der Waals surface area contributed by atoms with Crippen LogP contribution in [0.3, 0.4) is 0 Å². The summed E-state index contributed by atoms with van der Waals surface area (Å²) in [5.74, 6) is -0.884. The lowest BCUT2D eigenvalue weighted by Gasteiger charge is -2.15. The molecule has 1 aromatic rings. The molecule has 1 rings (SSSR count). The van der Waals surface area contributed by atoms with Crippen LogP contribution in [0.2, 0.25) is 0 Å². The van der Waals surface area contributed by atoms with Gasteiger partial charge in [0.2, 0.25) is 0 Å². The van der Waals surface area contributed by atoms with E-state index < -0.39 is 41.7 Å². The molecule has 0 amide bonds. The molecule has 0 unspecified atom stereocenters. The van der Waals surface area contributed by atoms with Crippen molar-refractivity contribution >= 4 is 5.97 Å². The first-order chi connectivity index (χ1) is 8.77. The maximum Gasteiger partial charge on any atom is 0.418 e. The summed E-state index contributed by atoms with van der Waals surface area (Å²) >= 11 is 0. The normalized spacial score (nSPS) is 11.7. The second kappa shape index (κ2) is 5.94. The van der Waals surface area contributed by atoms with Crippen molar-refractivity contribution in [3.8, 4) is 0 Å². The van der Waals surface area contributed by atoms with Crippen LogP contribution in [0.4, 0.5) is 22.0 Å². The van der Waals surface area contributed by atoms with Gasteiger partial charge in [0, 0.05) is 18.0 Å². The fourth-order valence-corrected chi connectivity index (χ4v) is 1.51. The van der Waals surface area contributed by atoms with Crippen LogP contribution >= 0.6 is 0 Å². The fraction of sp³-hybridized carbons (Fsp3) is 0.455. The molecule has 0 spiro atoms. The Balaban J connectivity index is 3.21. The number of hydrogen-bond donors (Lipinski definition) is 0. The number of hydrogen-bond acceptors (Lipinski definition) is 3. The third-order valence-electron chi connectivity index (χ3n) is 2.23. The monoisotopic (exact) mass is 283 g/mol. The van der Waals surface area contributed by atoms with Crippen LogP contribution in [-0.2, 0) is 22.1 Å². The van der Waals surface area contributed by atoms with Crippen molar-refractivity contribution in [1.82, 2.24) is 4.98 Å². The molecular weight excluding hydrogens is 273 g/mol. The lowest BCUT2D eigenvalue weighted by atomic mass is 10.0. The minimum Gasteiger partial charge on any atom is -0.466 e. The lowest BCUT2D eigenvalue weighted by Crippen LogP contribution is -2.15. The fourth-order valence-electron chi connectivity index (χ4n) is 1.51. The highest BCUT2D eigenvalue weighted by Crippen LogP contribution is 2.37. The molecule has 0 aliphatic carbocycles. The predicted molar refractivity (Wildman–Crippen MR) is 54.5 cm³/mol. The van der Waals surface area contributed by atoms with Gasteiger partial charge in [-0.1, -0.05) is 0 Å². The van der Waals surface area contributed by atoms with E-state index in [9.17, 15) is 26.7 Å². The van der Waals surface area contributed by atoms with Crippen LogP contribution < -0.4 is 0 Å². The maximum absolute atomic E-state index is 12.8. The van der Waals surface area contributed by atoms with Crippen molar-refractivity contribution in [2.24, 2.45) is 0 Å². The Morgan fingerprint density at radius 2 is 2.00 bits per heavy atom. The molecule has 0 atom stereocenters. The molecule has 0 radical (unpaired) electrons. The molecule has 3 nitrogen and oxygen atoms in total. The van der Waals surface area contributed by atoms with Crippen LogP contribution in [0.25, 0.3) is 0 Å². The highest BCUT2D eigenvalue weighted by Gasteiger charge is 2.37. The number of alkyl halides is 5. The van der Waals surface area contributed by atoms with Gasteiger partial charge in [0.1, 0.15) is 0 Å². The number of nitrogens with zero attached hydrogens (tertiary/aromatic N) is 1. The third kappa shape index (κ3) is 3.87. The Bertz CT molecular complexity index is 459. The molecule has 0 aliphatic rings. The van der Waals surface area contributed by atoms with Gasteiger partial charge < -0.3 is 4.74 Å². The van der Waals surface area contributed by atoms with Crippen LogP contribution in [0.1, 0.15) is 30.0 Å². The molecule has 0 saturated carbocycles. The van der Waals surface area contributed by atoms with Crippen molar-refractivity contribution in [1.29, 1.82) is 0 Å². The van der Waals surface area contributed by atoms with E-state index >= 15 is 0 Å². The number of carbonyl (C=O) groups excluding carboxylic acids is 1. The van der Waals surface area contributed by atoms with Crippen LogP contribution in [-0.4, -0.2) is 17.6 Å².